The second kappa shape index (κ2) is 12.6. The molecular formula is C24H27ClN4O6S. The van der Waals surface area contributed by atoms with Gasteiger partial charge in [-0.25, -0.2) is 4.98 Å². The first kappa shape index (κ1) is 27.3. The van der Waals surface area contributed by atoms with Crippen molar-refractivity contribution >= 4 is 56.8 Å². The van der Waals surface area contributed by atoms with Crippen molar-refractivity contribution < 1.29 is 23.9 Å². The summed E-state index contributed by atoms with van der Waals surface area (Å²) in [5.41, 5.74) is 1.32. The Morgan fingerprint density at radius 2 is 1.83 bits per heavy atom. The van der Waals surface area contributed by atoms with Gasteiger partial charge < -0.3 is 14.2 Å². The highest BCUT2D eigenvalue weighted by molar-refractivity contribution is 7.22. The number of amides is 1. The van der Waals surface area contributed by atoms with Crippen LogP contribution < -0.4 is 14.4 Å². The maximum atomic E-state index is 13.3. The number of hydrogen-bond acceptors (Lipinski definition) is 9. The highest BCUT2D eigenvalue weighted by Gasteiger charge is 2.22. The van der Waals surface area contributed by atoms with Gasteiger partial charge in [0.15, 0.2) is 5.13 Å². The van der Waals surface area contributed by atoms with E-state index in [1.807, 2.05) is 6.07 Å². The summed E-state index contributed by atoms with van der Waals surface area (Å²) in [6.07, 6.45) is 3.10. The Morgan fingerprint density at radius 1 is 1.17 bits per heavy atom. The number of morpholine rings is 1. The molecule has 3 aromatic rings. The fourth-order valence-electron chi connectivity index (χ4n) is 3.72. The van der Waals surface area contributed by atoms with Crippen LogP contribution in [-0.2, 0) is 9.53 Å². The number of nitro groups is 1. The van der Waals surface area contributed by atoms with E-state index in [2.05, 4.69) is 4.90 Å². The van der Waals surface area contributed by atoms with Crippen LogP contribution in [-0.4, -0.2) is 74.3 Å². The van der Waals surface area contributed by atoms with Gasteiger partial charge in [0.05, 0.1) is 32.4 Å². The van der Waals surface area contributed by atoms with Gasteiger partial charge in [0.2, 0.25) is 0 Å². The van der Waals surface area contributed by atoms with E-state index >= 15 is 0 Å². The van der Waals surface area contributed by atoms with Crippen LogP contribution in [0.25, 0.3) is 16.3 Å². The number of carbonyl (C=O) groups excluding carboxylic acids is 1. The first-order valence-corrected chi connectivity index (χ1v) is 11.9. The van der Waals surface area contributed by atoms with Crippen LogP contribution in [0.2, 0.25) is 0 Å². The fourth-order valence-corrected chi connectivity index (χ4v) is 4.83. The Morgan fingerprint density at radius 3 is 2.47 bits per heavy atom. The Hall–Kier alpha value is -3.25. The molecule has 12 heteroatoms. The normalized spacial score (nSPS) is 13.9. The lowest BCUT2D eigenvalue weighted by atomic mass is 10.2. The van der Waals surface area contributed by atoms with Gasteiger partial charge in [-0.05, 0) is 35.9 Å². The van der Waals surface area contributed by atoms with Crippen molar-refractivity contribution in [1.29, 1.82) is 0 Å². The van der Waals surface area contributed by atoms with Gasteiger partial charge in [-0.3, -0.25) is 24.7 Å². The zero-order valence-electron chi connectivity index (χ0n) is 19.9. The van der Waals surface area contributed by atoms with Gasteiger partial charge in [0, 0.05) is 44.4 Å². The van der Waals surface area contributed by atoms with Gasteiger partial charge in [-0.2, -0.15) is 0 Å². The summed E-state index contributed by atoms with van der Waals surface area (Å²) < 4.78 is 17.2. The molecule has 1 fully saturated rings. The van der Waals surface area contributed by atoms with Crippen molar-refractivity contribution in [3.8, 4) is 11.5 Å². The van der Waals surface area contributed by atoms with Crippen LogP contribution in [0.3, 0.4) is 0 Å². The van der Waals surface area contributed by atoms with Gasteiger partial charge in [0.25, 0.3) is 11.6 Å². The van der Waals surface area contributed by atoms with E-state index in [1.165, 1.54) is 29.5 Å². The second-order valence-electron chi connectivity index (χ2n) is 7.77. The molecule has 1 aromatic heterocycles. The maximum absolute atomic E-state index is 13.3. The van der Waals surface area contributed by atoms with E-state index in [0.717, 1.165) is 17.8 Å². The number of non-ortho nitro benzene ring substituents is 1. The minimum atomic E-state index is -0.457. The van der Waals surface area contributed by atoms with Crippen LogP contribution in [0.4, 0.5) is 10.8 Å². The van der Waals surface area contributed by atoms with E-state index < -0.39 is 4.92 Å². The zero-order chi connectivity index (χ0) is 24.8. The Labute approximate surface area is 218 Å². The number of nitro benzene ring substituents is 1. The number of hydrogen-bond donors (Lipinski definition) is 0. The summed E-state index contributed by atoms with van der Waals surface area (Å²) in [5, 5.41) is 11.4. The smallest absolute Gasteiger partial charge is 0.269 e. The van der Waals surface area contributed by atoms with Crippen LogP contribution in [0.1, 0.15) is 5.56 Å². The number of aromatic nitrogens is 1. The largest absolute Gasteiger partial charge is 0.495 e. The number of methoxy groups -OCH3 is 2. The molecule has 1 saturated heterocycles. The van der Waals surface area contributed by atoms with Crippen LogP contribution in [0, 0.1) is 10.1 Å². The second-order valence-corrected chi connectivity index (χ2v) is 8.75. The molecule has 0 spiro atoms. The topological polar surface area (TPSA) is 107 Å². The molecule has 0 N–H and O–H groups in total. The van der Waals surface area contributed by atoms with Crippen molar-refractivity contribution in [2.75, 3.05) is 58.5 Å². The third kappa shape index (κ3) is 6.30. The molecule has 0 radical (unpaired) electrons. The van der Waals surface area contributed by atoms with Crippen molar-refractivity contribution in [3.05, 3.63) is 58.2 Å². The molecule has 0 atom stereocenters. The monoisotopic (exact) mass is 534 g/mol. The number of halogens is 1. The number of anilines is 1. The predicted octanol–water partition coefficient (Wildman–Crippen LogP) is 4.02. The summed E-state index contributed by atoms with van der Waals surface area (Å²) in [4.78, 5) is 32.4. The summed E-state index contributed by atoms with van der Waals surface area (Å²) in [6, 6.07) is 9.64. The lowest BCUT2D eigenvalue weighted by molar-refractivity contribution is -0.384. The van der Waals surface area contributed by atoms with Gasteiger partial charge in [-0.1, -0.05) is 11.3 Å². The highest BCUT2D eigenvalue weighted by atomic mass is 35.5. The summed E-state index contributed by atoms with van der Waals surface area (Å²) in [7, 11) is 3.17. The average Bonchev–Trinajstić information content (AvgIpc) is 3.33. The molecule has 4 rings (SSSR count). The van der Waals surface area contributed by atoms with E-state index in [0.29, 0.717) is 54.0 Å². The first-order valence-electron chi connectivity index (χ1n) is 11.1. The fraction of sp³-hybridized carbons (Fsp3) is 0.333. The Bertz CT molecular complexity index is 1190. The molecule has 1 amide bonds. The van der Waals surface area contributed by atoms with Crippen LogP contribution >= 0.6 is 23.7 Å². The SMILES string of the molecule is COc1ccc(OC)c2sc(N(CCN3CCOCC3)C(=O)C=Cc3ccc([N+](=O)[O-])cc3)nc12.Cl. The molecule has 1 aliphatic heterocycles. The van der Waals surface area contributed by atoms with Crippen molar-refractivity contribution in [1.82, 2.24) is 9.88 Å². The number of fused-ring (bicyclic) bond motifs is 1. The molecule has 2 heterocycles. The van der Waals surface area contributed by atoms with E-state index in [4.69, 9.17) is 19.2 Å². The highest BCUT2D eigenvalue weighted by Crippen LogP contribution is 2.40. The summed E-state index contributed by atoms with van der Waals surface area (Å²) in [5.74, 6) is 1.02. The number of nitrogens with zero attached hydrogens (tertiary/aromatic N) is 4. The molecule has 2 aromatic carbocycles. The first-order chi connectivity index (χ1) is 17.0. The number of rotatable bonds is 9. The van der Waals surface area contributed by atoms with Crippen LogP contribution in [0.5, 0.6) is 11.5 Å². The number of ether oxygens (including phenoxy) is 3. The molecule has 0 aliphatic carbocycles. The molecule has 10 nitrogen and oxygen atoms in total. The molecule has 0 unspecified atom stereocenters. The predicted molar refractivity (Wildman–Crippen MR) is 142 cm³/mol. The van der Waals surface area contributed by atoms with Crippen molar-refractivity contribution in [2.24, 2.45) is 0 Å². The third-order valence-electron chi connectivity index (χ3n) is 5.66. The van der Waals surface area contributed by atoms with Crippen LogP contribution in [0.15, 0.2) is 42.5 Å². The number of thiazole rings is 1. The Balaban J connectivity index is 0.00000361. The minimum Gasteiger partial charge on any atom is -0.495 e. The van der Waals surface area contributed by atoms with E-state index in [9.17, 15) is 14.9 Å². The lowest BCUT2D eigenvalue weighted by Crippen LogP contribution is -2.42. The molecule has 36 heavy (non-hydrogen) atoms. The molecular weight excluding hydrogens is 508 g/mol. The average molecular weight is 535 g/mol. The number of carbonyl (C=O) groups is 1. The maximum Gasteiger partial charge on any atom is 0.269 e. The van der Waals surface area contributed by atoms with E-state index in [1.54, 1.807) is 43.4 Å². The van der Waals surface area contributed by atoms with Gasteiger partial charge in [0.1, 0.15) is 21.7 Å². The Kier molecular flexibility index (Phi) is 9.59. The van der Waals surface area contributed by atoms with Gasteiger partial charge in [-0.15, -0.1) is 12.4 Å². The van der Waals surface area contributed by atoms with Crippen molar-refractivity contribution in [2.45, 2.75) is 0 Å². The number of benzene rings is 2. The molecule has 0 saturated carbocycles. The lowest BCUT2D eigenvalue weighted by Gasteiger charge is -2.28. The molecule has 1 aliphatic rings. The summed E-state index contributed by atoms with van der Waals surface area (Å²) >= 11 is 1.36. The molecule has 0 bridgehead atoms. The zero-order valence-corrected chi connectivity index (χ0v) is 21.5. The quantitative estimate of drug-likeness (QED) is 0.230. The van der Waals surface area contributed by atoms with E-state index in [-0.39, 0.29) is 24.0 Å². The summed E-state index contributed by atoms with van der Waals surface area (Å²) in [6.45, 7) is 4.07. The third-order valence-corrected chi connectivity index (χ3v) is 6.75. The minimum absolute atomic E-state index is 0. The van der Waals surface area contributed by atoms with Gasteiger partial charge >= 0.3 is 0 Å². The molecule has 192 valence electrons. The standard InChI is InChI=1S/C24H26N4O6S.ClH/c1-32-19-8-9-20(33-2)23-22(19)25-24(35-23)27(12-11-26-13-15-34-16-14-26)21(29)10-5-17-3-6-18(7-4-17)28(30)31;/h3-10H,11-16H2,1-2H3;1H. The van der Waals surface area contributed by atoms with Crippen molar-refractivity contribution in [3.63, 3.8) is 0 Å².